The minimum absolute atomic E-state index is 0.508. The van der Waals surface area contributed by atoms with Crippen LogP contribution in [-0.2, 0) is 4.79 Å². The minimum Gasteiger partial charge on any atom is -0.480 e. The van der Waals surface area contributed by atoms with Crippen molar-refractivity contribution in [2.24, 2.45) is 0 Å². The van der Waals surface area contributed by atoms with Crippen LogP contribution in [0.2, 0.25) is 0 Å². The van der Waals surface area contributed by atoms with Crippen molar-refractivity contribution >= 4 is 11.7 Å². The van der Waals surface area contributed by atoms with Gasteiger partial charge in [0.2, 0.25) is 0 Å². The molecule has 82 valence electrons. The second-order valence-electron chi connectivity index (χ2n) is 3.76. The summed E-state index contributed by atoms with van der Waals surface area (Å²) in [5.41, 5.74) is 3.16. The highest BCUT2D eigenvalue weighted by Crippen LogP contribution is 2.17. The van der Waals surface area contributed by atoms with E-state index in [4.69, 9.17) is 5.11 Å². The highest BCUT2D eigenvalue weighted by Gasteiger charge is 2.14. The van der Waals surface area contributed by atoms with Gasteiger partial charge in [-0.15, -0.1) is 0 Å². The number of anilines is 1. The van der Waals surface area contributed by atoms with Gasteiger partial charge in [-0.3, -0.25) is 0 Å². The van der Waals surface area contributed by atoms with E-state index in [0.29, 0.717) is 6.42 Å². The molecule has 0 radical (unpaired) electrons. The smallest absolute Gasteiger partial charge is 0.326 e. The van der Waals surface area contributed by atoms with E-state index in [1.807, 2.05) is 39.0 Å². The summed E-state index contributed by atoms with van der Waals surface area (Å²) in [4.78, 5) is 10.9. The number of hydrogen-bond donors (Lipinski definition) is 2. The number of rotatable bonds is 4. The van der Waals surface area contributed by atoms with Gasteiger partial charge in [-0.25, -0.2) is 4.79 Å². The fourth-order valence-electron chi connectivity index (χ4n) is 1.50. The lowest BCUT2D eigenvalue weighted by Gasteiger charge is -2.15. The standard InChI is InChI=1S/C12H17NO2/c1-4-10(12(14)15)13-11-6-5-8(2)7-9(11)3/h5-7,10,13H,4H2,1-3H3,(H,14,15)/t10-/m1/s1. The summed E-state index contributed by atoms with van der Waals surface area (Å²) in [6, 6.07) is 5.43. The molecule has 0 spiro atoms. The number of aliphatic carboxylic acids is 1. The highest BCUT2D eigenvalue weighted by atomic mass is 16.4. The molecule has 0 amide bonds. The van der Waals surface area contributed by atoms with E-state index >= 15 is 0 Å². The Morgan fingerprint density at radius 3 is 2.60 bits per heavy atom. The molecule has 0 aliphatic heterocycles. The molecule has 1 atom stereocenters. The van der Waals surface area contributed by atoms with Crippen molar-refractivity contribution in [3.8, 4) is 0 Å². The first-order valence-electron chi connectivity index (χ1n) is 5.11. The van der Waals surface area contributed by atoms with E-state index in [0.717, 1.165) is 11.3 Å². The number of carbonyl (C=O) groups is 1. The van der Waals surface area contributed by atoms with Gasteiger partial charge in [0.05, 0.1) is 0 Å². The number of benzene rings is 1. The van der Waals surface area contributed by atoms with E-state index in [9.17, 15) is 4.79 Å². The maximum Gasteiger partial charge on any atom is 0.326 e. The first-order valence-corrected chi connectivity index (χ1v) is 5.11. The van der Waals surface area contributed by atoms with Gasteiger partial charge in [-0.1, -0.05) is 24.6 Å². The van der Waals surface area contributed by atoms with Crippen molar-refractivity contribution in [3.63, 3.8) is 0 Å². The second kappa shape index (κ2) is 4.82. The fraction of sp³-hybridized carbons (Fsp3) is 0.417. The van der Waals surface area contributed by atoms with Crippen LogP contribution in [0.15, 0.2) is 18.2 Å². The van der Waals surface area contributed by atoms with Crippen LogP contribution >= 0.6 is 0 Å². The van der Waals surface area contributed by atoms with Gasteiger partial charge in [0.1, 0.15) is 6.04 Å². The van der Waals surface area contributed by atoms with Gasteiger partial charge in [-0.05, 0) is 31.9 Å². The van der Waals surface area contributed by atoms with Gasteiger partial charge in [0.25, 0.3) is 0 Å². The number of nitrogens with one attached hydrogen (secondary N) is 1. The van der Waals surface area contributed by atoms with Crippen molar-refractivity contribution in [3.05, 3.63) is 29.3 Å². The Bertz CT molecular complexity index is 361. The quantitative estimate of drug-likeness (QED) is 0.797. The molecule has 2 N–H and O–H groups in total. The predicted octanol–water partition coefficient (Wildman–Crippen LogP) is 2.58. The first-order chi connectivity index (χ1) is 7.04. The fourth-order valence-corrected chi connectivity index (χ4v) is 1.50. The number of aryl methyl sites for hydroxylation is 2. The lowest BCUT2D eigenvalue weighted by atomic mass is 10.1. The Labute approximate surface area is 90.1 Å². The van der Waals surface area contributed by atoms with E-state index in [-0.39, 0.29) is 0 Å². The van der Waals surface area contributed by atoms with Gasteiger partial charge in [-0.2, -0.15) is 0 Å². The van der Waals surface area contributed by atoms with Gasteiger partial charge >= 0.3 is 5.97 Å². The van der Waals surface area contributed by atoms with Crippen molar-refractivity contribution in [2.45, 2.75) is 33.2 Å². The summed E-state index contributed by atoms with van der Waals surface area (Å²) in [5.74, 6) is -0.808. The Morgan fingerprint density at radius 2 is 2.13 bits per heavy atom. The maximum atomic E-state index is 10.9. The Balaban J connectivity index is 2.84. The molecule has 0 saturated carbocycles. The third kappa shape index (κ3) is 2.98. The molecular weight excluding hydrogens is 190 g/mol. The third-order valence-corrected chi connectivity index (χ3v) is 2.42. The van der Waals surface area contributed by atoms with Crippen LogP contribution in [0.4, 0.5) is 5.69 Å². The van der Waals surface area contributed by atoms with Crippen LogP contribution in [-0.4, -0.2) is 17.1 Å². The molecule has 3 nitrogen and oxygen atoms in total. The molecule has 0 aliphatic rings. The van der Waals surface area contributed by atoms with Gasteiger partial charge < -0.3 is 10.4 Å². The van der Waals surface area contributed by atoms with Gasteiger partial charge in [0.15, 0.2) is 0 Å². The molecule has 0 unspecified atom stereocenters. The average Bonchev–Trinajstić information content (AvgIpc) is 2.16. The zero-order valence-electron chi connectivity index (χ0n) is 9.37. The van der Waals surface area contributed by atoms with E-state index in [1.165, 1.54) is 5.56 Å². The van der Waals surface area contributed by atoms with E-state index < -0.39 is 12.0 Å². The zero-order valence-corrected chi connectivity index (χ0v) is 9.37. The normalized spacial score (nSPS) is 12.2. The molecule has 3 heteroatoms. The monoisotopic (exact) mass is 207 g/mol. The summed E-state index contributed by atoms with van der Waals surface area (Å²) < 4.78 is 0. The Hall–Kier alpha value is -1.51. The van der Waals surface area contributed by atoms with Crippen molar-refractivity contribution < 1.29 is 9.90 Å². The molecule has 0 fully saturated rings. The zero-order chi connectivity index (χ0) is 11.4. The molecular formula is C12H17NO2. The van der Waals surface area contributed by atoms with Gasteiger partial charge in [0, 0.05) is 5.69 Å². The van der Waals surface area contributed by atoms with Crippen LogP contribution in [0, 0.1) is 13.8 Å². The lowest BCUT2D eigenvalue weighted by molar-refractivity contribution is -0.137. The molecule has 1 aromatic carbocycles. The average molecular weight is 207 g/mol. The van der Waals surface area contributed by atoms with Crippen molar-refractivity contribution in [1.29, 1.82) is 0 Å². The SMILES string of the molecule is CC[C@@H](Nc1ccc(C)cc1C)C(=O)O. The molecule has 0 bridgehead atoms. The summed E-state index contributed by atoms with van der Waals surface area (Å²) >= 11 is 0. The van der Waals surface area contributed by atoms with E-state index in [2.05, 4.69) is 5.32 Å². The second-order valence-corrected chi connectivity index (χ2v) is 3.76. The number of hydrogen-bond acceptors (Lipinski definition) is 2. The summed E-state index contributed by atoms with van der Waals surface area (Å²) in [6.07, 6.45) is 0.572. The molecule has 0 aliphatic carbocycles. The molecule has 1 rings (SSSR count). The van der Waals surface area contributed by atoms with Crippen LogP contribution in [0.5, 0.6) is 0 Å². The maximum absolute atomic E-state index is 10.9. The third-order valence-electron chi connectivity index (χ3n) is 2.42. The van der Waals surface area contributed by atoms with Crippen LogP contribution < -0.4 is 5.32 Å². The Morgan fingerprint density at radius 1 is 1.47 bits per heavy atom. The van der Waals surface area contributed by atoms with Crippen LogP contribution in [0.1, 0.15) is 24.5 Å². The number of carboxylic acids is 1. The lowest BCUT2D eigenvalue weighted by Crippen LogP contribution is -2.28. The number of carboxylic acid groups (broad SMARTS) is 1. The Kier molecular flexibility index (Phi) is 3.72. The first kappa shape index (κ1) is 11.6. The predicted molar refractivity (Wildman–Crippen MR) is 61.3 cm³/mol. The molecule has 0 heterocycles. The highest BCUT2D eigenvalue weighted by molar-refractivity contribution is 5.77. The molecule has 1 aromatic rings. The summed E-state index contributed by atoms with van der Waals surface area (Å²) in [6.45, 7) is 5.85. The summed E-state index contributed by atoms with van der Waals surface area (Å²) in [5, 5.41) is 11.9. The van der Waals surface area contributed by atoms with E-state index in [1.54, 1.807) is 0 Å². The molecule has 0 aromatic heterocycles. The minimum atomic E-state index is -0.808. The topological polar surface area (TPSA) is 49.3 Å². The van der Waals surface area contributed by atoms with Crippen molar-refractivity contribution in [2.75, 3.05) is 5.32 Å². The van der Waals surface area contributed by atoms with Crippen molar-refractivity contribution in [1.82, 2.24) is 0 Å². The largest absolute Gasteiger partial charge is 0.480 e. The van der Waals surface area contributed by atoms with Crippen LogP contribution in [0.25, 0.3) is 0 Å². The molecule has 15 heavy (non-hydrogen) atoms. The molecule has 0 saturated heterocycles. The summed E-state index contributed by atoms with van der Waals surface area (Å²) in [7, 11) is 0. The van der Waals surface area contributed by atoms with Crippen LogP contribution in [0.3, 0.4) is 0 Å².